The van der Waals surface area contributed by atoms with Crippen molar-refractivity contribution < 1.29 is 4.74 Å². The summed E-state index contributed by atoms with van der Waals surface area (Å²) in [5.74, 6) is 1.39. The highest BCUT2D eigenvalue weighted by atomic mass is 32.1. The van der Waals surface area contributed by atoms with Gasteiger partial charge < -0.3 is 10.1 Å². The maximum Gasteiger partial charge on any atom is 0.123 e. The molecule has 3 nitrogen and oxygen atoms in total. The first-order valence-corrected chi connectivity index (χ1v) is 7.88. The SMILES string of the molecule is CNC(C)c1sc(C2CCOc3ccccc32)nc1C. The van der Waals surface area contributed by atoms with E-state index in [1.165, 1.54) is 15.4 Å². The smallest absolute Gasteiger partial charge is 0.123 e. The topological polar surface area (TPSA) is 34.1 Å². The molecule has 2 heterocycles. The Hall–Kier alpha value is -1.39. The Labute approximate surface area is 124 Å². The van der Waals surface area contributed by atoms with E-state index in [2.05, 4.69) is 37.4 Å². The summed E-state index contributed by atoms with van der Waals surface area (Å²) >= 11 is 1.83. The Morgan fingerprint density at radius 3 is 3.00 bits per heavy atom. The molecule has 1 aliphatic heterocycles. The third-order valence-electron chi connectivity index (χ3n) is 3.93. The van der Waals surface area contributed by atoms with Crippen molar-refractivity contribution in [2.24, 2.45) is 0 Å². The molecular weight excluding hydrogens is 268 g/mol. The molecule has 0 fully saturated rings. The van der Waals surface area contributed by atoms with Crippen molar-refractivity contribution >= 4 is 11.3 Å². The number of hydrogen-bond acceptors (Lipinski definition) is 4. The molecule has 0 saturated carbocycles. The van der Waals surface area contributed by atoms with Gasteiger partial charge in [0.1, 0.15) is 10.8 Å². The molecule has 1 N–H and O–H groups in total. The van der Waals surface area contributed by atoms with Gasteiger partial charge in [-0.2, -0.15) is 0 Å². The first-order valence-electron chi connectivity index (χ1n) is 7.07. The van der Waals surface area contributed by atoms with Gasteiger partial charge in [-0.1, -0.05) is 18.2 Å². The summed E-state index contributed by atoms with van der Waals surface area (Å²) in [5.41, 5.74) is 2.42. The fraction of sp³-hybridized carbons (Fsp3) is 0.438. The number of rotatable bonds is 3. The molecule has 0 aliphatic carbocycles. The van der Waals surface area contributed by atoms with Crippen molar-refractivity contribution in [3.8, 4) is 5.75 Å². The molecule has 0 spiro atoms. The molecule has 2 atom stereocenters. The molecule has 3 rings (SSSR count). The Morgan fingerprint density at radius 1 is 1.40 bits per heavy atom. The molecule has 20 heavy (non-hydrogen) atoms. The number of aromatic nitrogens is 1. The summed E-state index contributed by atoms with van der Waals surface area (Å²) < 4.78 is 5.75. The number of fused-ring (bicyclic) bond motifs is 1. The number of nitrogens with one attached hydrogen (secondary N) is 1. The van der Waals surface area contributed by atoms with E-state index in [1.54, 1.807) is 0 Å². The predicted molar refractivity (Wildman–Crippen MR) is 82.7 cm³/mol. The fourth-order valence-electron chi connectivity index (χ4n) is 2.71. The minimum absolute atomic E-state index is 0.358. The first kappa shape index (κ1) is 13.6. The van der Waals surface area contributed by atoms with Crippen LogP contribution in [0.25, 0.3) is 0 Å². The van der Waals surface area contributed by atoms with Gasteiger partial charge in [0.05, 0.1) is 12.3 Å². The summed E-state index contributed by atoms with van der Waals surface area (Å²) in [6, 6.07) is 8.69. The molecule has 1 aromatic carbocycles. The summed E-state index contributed by atoms with van der Waals surface area (Å²) in [4.78, 5) is 6.16. The number of aryl methyl sites for hydroxylation is 1. The minimum Gasteiger partial charge on any atom is -0.493 e. The van der Waals surface area contributed by atoms with Gasteiger partial charge in [0.25, 0.3) is 0 Å². The van der Waals surface area contributed by atoms with Gasteiger partial charge in [-0.3, -0.25) is 0 Å². The van der Waals surface area contributed by atoms with Gasteiger partial charge in [-0.15, -0.1) is 11.3 Å². The molecule has 1 aliphatic rings. The van der Waals surface area contributed by atoms with E-state index in [0.717, 1.165) is 24.5 Å². The zero-order chi connectivity index (χ0) is 14.1. The molecule has 0 bridgehead atoms. The quantitative estimate of drug-likeness (QED) is 0.936. The van der Waals surface area contributed by atoms with Crippen molar-refractivity contribution in [2.45, 2.75) is 32.2 Å². The molecular formula is C16H20N2OS. The number of ether oxygens (including phenoxy) is 1. The van der Waals surface area contributed by atoms with Crippen LogP contribution in [0.2, 0.25) is 0 Å². The zero-order valence-corrected chi connectivity index (χ0v) is 13.0. The third kappa shape index (κ3) is 2.34. The first-order chi connectivity index (χ1) is 9.70. The summed E-state index contributed by atoms with van der Waals surface area (Å²) in [7, 11) is 1.99. The normalized spacial score (nSPS) is 19.2. The lowest BCUT2D eigenvalue weighted by atomic mass is 9.94. The van der Waals surface area contributed by atoms with Gasteiger partial charge in [-0.25, -0.2) is 4.98 Å². The molecule has 2 unspecified atom stereocenters. The van der Waals surface area contributed by atoms with Crippen LogP contribution in [0.15, 0.2) is 24.3 Å². The average molecular weight is 288 g/mol. The number of benzene rings is 1. The van der Waals surface area contributed by atoms with Crippen LogP contribution >= 0.6 is 11.3 Å². The second-order valence-corrected chi connectivity index (χ2v) is 6.30. The van der Waals surface area contributed by atoms with Crippen LogP contribution < -0.4 is 10.1 Å². The highest BCUT2D eigenvalue weighted by Crippen LogP contribution is 2.40. The highest BCUT2D eigenvalue weighted by Gasteiger charge is 2.26. The van der Waals surface area contributed by atoms with Crippen molar-refractivity contribution in [3.63, 3.8) is 0 Å². The number of nitrogens with zero attached hydrogens (tertiary/aromatic N) is 1. The summed E-state index contributed by atoms with van der Waals surface area (Å²) in [6.45, 7) is 5.06. The molecule has 4 heteroatoms. The molecule has 2 aromatic rings. The van der Waals surface area contributed by atoms with E-state index >= 15 is 0 Å². The highest BCUT2D eigenvalue weighted by molar-refractivity contribution is 7.12. The van der Waals surface area contributed by atoms with Crippen LogP contribution in [0.3, 0.4) is 0 Å². The maximum absolute atomic E-state index is 5.75. The van der Waals surface area contributed by atoms with E-state index in [-0.39, 0.29) is 0 Å². The Morgan fingerprint density at radius 2 is 2.20 bits per heavy atom. The minimum atomic E-state index is 0.358. The second-order valence-electron chi connectivity index (χ2n) is 5.24. The van der Waals surface area contributed by atoms with E-state index in [9.17, 15) is 0 Å². The monoisotopic (exact) mass is 288 g/mol. The van der Waals surface area contributed by atoms with Gasteiger partial charge in [0, 0.05) is 22.4 Å². The van der Waals surface area contributed by atoms with Crippen LogP contribution in [0.1, 0.15) is 46.4 Å². The van der Waals surface area contributed by atoms with Gasteiger partial charge in [0.2, 0.25) is 0 Å². The van der Waals surface area contributed by atoms with Crippen molar-refractivity contribution in [2.75, 3.05) is 13.7 Å². The molecule has 0 amide bonds. The predicted octanol–water partition coefficient (Wildman–Crippen LogP) is 3.65. The summed E-state index contributed by atoms with van der Waals surface area (Å²) in [5, 5.41) is 4.52. The molecule has 1 aromatic heterocycles. The van der Waals surface area contributed by atoms with Crippen molar-refractivity contribution in [3.05, 3.63) is 45.4 Å². The zero-order valence-electron chi connectivity index (χ0n) is 12.1. The van der Waals surface area contributed by atoms with Crippen molar-refractivity contribution in [1.82, 2.24) is 10.3 Å². The van der Waals surface area contributed by atoms with E-state index < -0.39 is 0 Å². The second kappa shape index (κ2) is 5.54. The molecule has 0 radical (unpaired) electrons. The van der Waals surface area contributed by atoms with Crippen LogP contribution in [0, 0.1) is 6.92 Å². The largest absolute Gasteiger partial charge is 0.493 e. The number of hydrogen-bond donors (Lipinski definition) is 1. The van der Waals surface area contributed by atoms with E-state index in [4.69, 9.17) is 9.72 Å². The lowest BCUT2D eigenvalue weighted by Gasteiger charge is -2.24. The Balaban J connectivity index is 1.99. The van der Waals surface area contributed by atoms with Gasteiger partial charge >= 0.3 is 0 Å². The Bertz CT molecular complexity index is 608. The van der Waals surface area contributed by atoms with Crippen LogP contribution in [0.5, 0.6) is 5.75 Å². The molecule has 106 valence electrons. The lowest BCUT2D eigenvalue weighted by molar-refractivity contribution is 0.277. The van der Waals surface area contributed by atoms with Crippen LogP contribution in [-0.2, 0) is 0 Å². The van der Waals surface area contributed by atoms with Crippen LogP contribution in [0.4, 0.5) is 0 Å². The third-order valence-corrected chi connectivity index (χ3v) is 5.39. The average Bonchev–Trinajstić information content (AvgIpc) is 2.87. The van der Waals surface area contributed by atoms with E-state index in [0.29, 0.717) is 12.0 Å². The number of thiazole rings is 1. The molecule has 0 saturated heterocycles. The number of para-hydroxylation sites is 1. The van der Waals surface area contributed by atoms with E-state index in [1.807, 2.05) is 24.5 Å². The standard InChI is InChI=1S/C16H20N2OS/c1-10(17-3)15-11(2)18-16(20-15)13-8-9-19-14-7-5-4-6-12(13)14/h4-7,10,13,17H,8-9H2,1-3H3. The van der Waals surface area contributed by atoms with Crippen molar-refractivity contribution in [1.29, 1.82) is 0 Å². The lowest BCUT2D eigenvalue weighted by Crippen LogP contribution is -2.14. The van der Waals surface area contributed by atoms with Gasteiger partial charge in [-0.05, 0) is 33.4 Å². The van der Waals surface area contributed by atoms with Crippen LogP contribution in [-0.4, -0.2) is 18.6 Å². The summed E-state index contributed by atoms with van der Waals surface area (Å²) in [6.07, 6.45) is 1.01. The fourth-order valence-corrected chi connectivity index (χ4v) is 3.99. The van der Waals surface area contributed by atoms with Gasteiger partial charge in [0.15, 0.2) is 0 Å². The Kier molecular flexibility index (Phi) is 3.76. The maximum atomic E-state index is 5.75.